The first-order chi connectivity index (χ1) is 9.56. The number of allylic oxidation sites excluding steroid dienone is 4. The van der Waals surface area contributed by atoms with Crippen LogP contribution in [0.4, 0.5) is 11.4 Å². The molecular formula is C14H15N4O2-. The predicted molar refractivity (Wildman–Crippen MR) is 82.1 cm³/mol. The van der Waals surface area contributed by atoms with Gasteiger partial charge in [-0.25, -0.2) is 0 Å². The van der Waals surface area contributed by atoms with Crippen molar-refractivity contribution in [2.45, 2.75) is 0 Å². The molecule has 1 aromatic rings. The Balaban J connectivity index is 2.02. The molecule has 6 nitrogen and oxygen atoms in total. The molecule has 1 N–H and O–H groups in total. The van der Waals surface area contributed by atoms with E-state index in [0.717, 1.165) is 11.4 Å². The van der Waals surface area contributed by atoms with Crippen molar-refractivity contribution in [1.29, 1.82) is 0 Å². The van der Waals surface area contributed by atoms with E-state index < -0.39 is 4.90 Å². The Bertz CT molecular complexity index is 576. The van der Waals surface area contributed by atoms with Crippen molar-refractivity contribution in [1.82, 2.24) is 0 Å². The Morgan fingerprint density at radius 1 is 1.00 bits per heavy atom. The highest BCUT2D eigenvalue weighted by Crippen LogP contribution is 2.15. The lowest BCUT2D eigenvalue weighted by molar-refractivity contribution is -0.377. The van der Waals surface area contributed by atoms with Gasteiger partial charge in [-0.15, -0.1) is 0 Å². The van der Waals surface area contributed by atoms with Crippen molar-refractivity contribution in [2.24, 2.45) is 5.10 Å². The highest BCUT2D eigenvalue weighted by molar-refractivity contribution is 6.17. The lowest BCUT2D eigenvalue weighted by Gasteiger charge is -2.12. The summed E-state index contributed by atoms with van der Waals surface area (Å²) in [5.74, 6) is 0. The van der Waals surface area contributed by atoms with Crippen molar-refractivity contribution in [3.63, 3.8) is 0 Å². The number of benzene rings is 1. The summed E-state index contributed by atoms with van der Waals surface area (Å²) in [5, 5.41) is 25.2. The standard InChI is InChI=1S/C14H15N4O2/c1-17(2)13-7-3-11(4-8-13)15-16-12-5-9-14(10-6-12)18(19)20/h3-10,15H,1-2H3/q-1. The summed E-state index contributed by atoms with van der Waals surface area (Å²) in [6, 6.07) is 7.80. The van der Waals surface area contributed by atoms with Gasteiger partial charge in [0.15, 0.2) is 0 Å². The Morgan fingerprint density at radius 2 is 1.60 bits per heavy atom. The third-order valence-corrected chi connectivity index (χ3v) is 2.76. The van der Waals surface area contributed by atoms with E-state index in [1.807, 2.05) is 43.3 Å². The highest BCUT2D eigenvalue weighted by atomic mass is 16.8. The van der Waals surface area contributed by atoms with Gasteiger partial charge in [-0.3, -0.25) is 5.43 Å². The van der Waals surface area contributed by atoms with Crippen LogP contribution in [-0.2, 0) is 0 Å². The number of nitrogens with one attached hydrogen (secondary N) is 1. The van der Waals surface area contributed by atoms with Gasteiger partial charge < -0.3 is 15.3 Å². The molecule has 0 bridgehead atoms. The average Bonchev–Trinajstić information content (AvgIpc) is 2.46. The molecule has 20 heavy (non-hydrogen) atoms. The smallest absolute Gasteiger partial charge is 0.222 e. The molecule has 0 heterocycles. The van der Waals surface area contributed by atoms with Crippen molar-refractivity contribution >= 4 is 22.8 Å². The van der Waals surface area contributed by atoms with E-state index in [1.54, 1.807) is 12.2 Å². The molecule has 0 saturated heterocycles. The summed E-state index contributed by atoms with van der Waals surface area (Å²) < 4.78 is 0. The number of hydrazone groups is 1. The van der Waals surface area contributed by atoms with Crippen LogP contribution in [0.2, 0.25) is 0 Å². The van der Waals surface area contributed by atoms with E-state index in [0.29, 0.717) is 5.71 Å². The Hall–Kier alpha value is -2.76. The summed E-state index contributed by atoms with van der Waals surface area (Å²) >= 11 is 0. The molecular weight excluding hydrogens is 256 g/mol. The number of rotatable bonds is 3. The molecule has 0 saturated carbocycles. The third-order valence-electron chi connectivity index (χ3n) is 2.76. The largest absolute Gasteiger partial charge is 0.612 e. The van der Waals surface area contributed by atoms with Gasteiger partial charge in [-0.2, -0.15) is 10.0 Å². The second-order valence-electron chi connectivity index (χ2n) is 4.44. The van der Waals surface area contributed by atoms with Gasteiger partial charge in [-0.05, 0) is 36.4 Å². The van der Waals surface area contributed by atoms with Crippen molar-refractivity contribution in [2.75, 3.05) is 24.4 Å². The monoisotopic (exact) mass is 271 g/mol. The topological polar surface area (TPSA) is 76.8 Å². The second kappa shape index (κ2) is 5.92. The minimum Gasteiger partial charge on any atom is -0.612 e. The van der Waals surface area contributed by atoms with Gasteiger partial charge in [0.2, 0.25) is 5.71 Å². The summed E-state index contributed by atoms with van der Waals surface area (Å²) in [6.45, 7) is 0. The van der Waals surface area contributed by atoms with Gasteiger partial charge in [-0.1, -0.05) is 0 Å². The maximum atomic E-state index is 10.5. The van der Waals surface area contributed by atoms with Crippen molar-refractivity contribution in [3.8, 4) is 0 Å². The van der Waals surface area contributed by atoms with Gasteiger partial charge in [0, 0.05) is 31.9 Å². The summed E-state index contributed by atoms with van der Waals surface area (Å²) in [7, 11) is 3.95. The molecule has 0 amide bonds. The Labute approximate surface area is 117 Å². The molecule has 0 spiro atoms. The van der Waals surface area contributed by atoms with Crippen LogP contribution < -0.4 is 10.3 Å². The van der Waals surface area contributed by atoms with E-state index in [9.17, 15) is 10.4 Å². The second-order valence-corrected chi connectivity index (χ2v) is 4.44. The van der Waals surface area contributed by atoms with Crippen molar-refractivity contribution < 1.29 is 4.90 Å². The number of hydrogen-bond donors (Lipinski definition) is 1. The van der Waals surface area contributed by atoms with Crippen LogP contribution in [0, 0.1) is 10.4 Å². The van der Waals surface area contributed by atoms with Crippen LogP contribution in [0.25, 0.3) is 0 Å². The molecule has 0 fully saturated rings. The summed E-state index contributed by atoms with van der Waals surface area (Å²) in [4.78, 5) is 1.58. The molecule has 0 atom stereocenters. The van der Waals surface area contributed by atoms with E-state index in [2.05, 4.69) is 10.5 Å². The lowest BCUT2D eigenvalue weighted by Crippen LogP contribution is -2.10. The van der Waals surface area contributed by atoms with E-state index in [1.165, 1.54) is 12.2 Å². The maximum absolute atomic E-state index is 10.5. The molecule has 0 aliphatic heterocycles. The fourth-order valence-electron chi connectivity index (χ4n) is 1.61. The van der Waals surface area contributed by atoms with Crippen LogP contribution in [0.3, 0.4) is 0 Å². The predicted octanol–water partition coefficient (Wildman–Crippen LogP) is 2.10. The summed E-state index contributed by atoms with van der Waals surface area (Å²) in [5.41, 5.74) is 5.56. The minimum atomic E-state index is -0.433. The fraction of sp³-hybridized carbons (Fsp3) is 0.143. The molecule has 0 radical (unpaired) electrons. The minimum absolute atomic E-state index is 0.0549. The van der Waals surface area contributed by atoms with Crippen LogP contribution in [-0.4, -0.2) is 30.4 Å². The van der Waals surface area contributed by atoms with Gasteiger partial charge in [0.1, 0.15) is 0 Å². The lowest BCUT2D eigenvalue weighted by atomic mass is 10.1. The zero-order valence-corrected chi connectivity index (χ0v) is 11.3. The van der Waals surface area contributed by atoms with Gasteiger partial charge in [0.25, 0.3) is 0 Å². The van der Waals surface area contributed by atoms with Crippen LogP contribution in [0.15, 0.2) is 53.7 Å². The SMILES string of the molecule is CN(C)c1ccc(NN=C2C=CC(=[N+]([O-])[O-])C=C2)cc1. The average molecular weight is 271 g/mol. The molecule has 0 unspecified atom stereocenters. The van der Waals surface area contributed by atoms with Crippen LogP contribution >= 0.6 is 0 Å². The Kier molecular flexibility index (Phi) is 4.05. The zero-order chi connectivity index (χ0) is 14.5. The molecule has 1 aliphatic rings. The quantitative estimate of drug-likeness (QED) is 0.519. The number of nitrogens with zero attached hydrogens (tertiary/aromatic N) is 3. The first-order valence-corrected chi connectivity index (χ1v) is 6.05. The Morgan fingerprint density at radius 3 is 2.10 bits per heavy atom. The van der Waals surface area contributed by atoms with Crippen molar-refractivity contribution in [3.05, 3.63) is 59.0 Å². The first kappa shape index (κ1) is 13.7. The summed E-state index contributed by atoms with van der Waals surface area (Å²) in [6.07, 6.45) is 6.05. The van der Waals surface area contributed by atoms with Crippen LogP contribution in [0.5, 0.6) is 0 Å². The molecule has 0 aromatic heterocycles. The number of anilines is 2. The molecule has 1 aliphatic carbocycles. The maximum Gasteiger partial charge on any atom is 0.222 e. The molecule has 2 rings (SSSR count). The van der Waals surface area contributed by atoms with Gasteiger partial charge in [0.05, 0.1) is 11.4 Å². The molecule has 104 valence electrons. The first-order valence-electron chi connectivity index (χ1n) is 6.05. The number of hydrogen-bond acceptors (Lipinski definition) is 5. The van der Waals surface area contributed by atoms with E-state index in [4.69, 9.17) is 0 Å². The third kappa shape index (κ3) is 3.38. The van der Waals surface area contributed by atoms with Crippen LogP contribution in [0.1, 0.15) is 0 Å². The van der Waals surface area contributed by atoms with E-state index in [-0.39, 0.29) is 5.71 Å². The van der Waals surface area contributed by atoms with E-state index >= 15 is 0 Å². The fourth-order valence-corrected chi connectivity index (χ4v) is 1.61. The van der Waals surface area contributed by atoms with Gasteiger partial charge >= 0.3 is 0 Å². The zero-order valence-electron chi connectivity index (χ0n) is 11.3. The molecule has 6 heteroatoms. The molecule has 1 aromatic carbocycles. The highest BCUT2D eigenvalue weighted by Gasteiger charge is 2.03. The normalized spacial score (nSPS) is 13.3.